The lowest BCUT2D eigenvalue weighted by Crippen LogP contribution is -2.37. The van der Waals surface area contributed by atoms with Crippen LogP contribution in [-0.2, 0) is 9.59 Å². The van der Waals surface area contributed by atoms with E-state index in [2.05, 4.69) is 5.32 Å². The summed E-state index contributed by atoms with van der Waals surface area (Å²) < 4.78 is 0. The number of benzene rings is 3. The first-order chi connectivity index (χ1) is 16.4. The summed E-state index contributed by atoms with van der Waals surface area (Å²) in [4.78, 5) is 39.2. The fourth-order valence-corrected chi connectivity index (χ4v) is 5.02. The fourth-order valence-electron chi connectivity index (χ4n) is 5.02. The van der Waals surface area contributed by atoms with E-state index in [0.29, 0.717) is 17.7 Å². The van der Waals surface area contributed by atoms with Gasteiger partial charge in [-0.25, -0.2) is 0 Å². The number of carbonyl (C=O) groups is 2. The monoisotopic (exact) mass is 453 g/mol. The predicted octanol–water partition coefficient (Wildman–Crippen LogP) is 5.52. The average Bonchev–Trinajstić information content (AvgIpc) is 2.99. The van der Waals surface area contributed by atoms with Gasteiger partial charge in [0.1, 0.15) is 0 Å². The van der Waals surface area contributed by atoms with Crippen LogP contribution in [0.1, 0.15) is 42.9 Å². The minimum absolute atomic E-state index is 0.00816. The zero-order valence-electron chi connectivity index (χ0n) is 18.6. The summed E-state index contributed by atoms with van der Waals surface area (Å²) in [7, 11) is 0. The van der Waals surface area contributed by atoms with Crippen molar-refractivity contribution in [3.63, 3.8) is 0 Å². The molecule has 1 aliphatic carbocycles. The van der Waals surface area contributed by atoms with Crippen LogP contribution in [-0.4, -0.2) is 16.6 Å². The van der Waals surface area contributed by atoms with E-state index in [1.807, 2.05) is 60.7 Å². The maximum Gasteiger partial charge on any atom is 0.269 e. The smallest absolute Gasteiger partial charge is 0.269 e. The molecule has 0 fully saturated rings. The number of nitrogens with one attached hydrogen (secondary N) is 1. The highest BCUT2D eigenvalue weighted by atomic mass is 16.6. The van der Waals surface area contributed by atoms with E-state index in [-0.39, 0.29) is 29.7 Å². The summed E-state index contributed by atoms with van der Waals surface area (Å²) in [5.74, 6) is -0.435. The first-order valence-corrected chi connectivity index (χ1v) is 11.2. The number of para-hydroxylation sites is 2. The molecule has 170 valence electrons. The summed E-state index contributed by atoms with van der Waals surface area (Å²) in [6, 6.07) is 23.0. The molecule has 34 heavy (non-hydrogen) atoms. The van der Waals surface area contributed by atoms with Gasteiger partial charge in [0, 0.05) is 36.7 Å². The lowest BCUT2D eigenvalue weighted by molar-refractivity contribution is -0.384. The second kappa shape index (κ2) is 8.59. The van der Waals surface area contributed by atoms with E-state index in [0.717, 1.165) is 22.5 Å². The Hall–Kier alpha value is -4.26. The number of rotatable bonds is 3. The van der Waals surface area contributed by atoms with Gasteiger partial charge in [0.25, 0.3) is 5.69 Å². The molecule has 5 rings (SSSR count). The Labute approximate surface area is 196 Å². The van der Waals surface area contributed by atoms with Gasteiger partial charge in [0.2, 0.25) is 5.91 Å². The molecule has 3 aromatic carbocycles. The molecule has 2 unspecified atom stereocenters. The van der Waals surface area contributed by atoms with Crippen molar-refractivity contribution in [3.8, 4) is 0 Å². The van der Waals surface area contributed by atoms with Crippen molar-refractivity contribution in [2.24, 2.45) is 0 Å². The van der Waals surface area contributed by atoms with Gasteiger partial charge >= 0.3 is 0 Å². The van der Waals surface area contributed by atoms with Crippen molar-refractivity contribution in [2.75, 3.05) is 10.2 Å². The lowest BCUT2D eigenvalue weighted by atomic mass is 9.78. The summed E-state index contributed by atoms with van der Waals surface area (Å²) in [5.41, 5.74) is 4.39. The van der Waals surface area contributed by atoms with Gasteiger partial charge in [0.05, 0.1) is 22.3 Å². The Morgan fingerprint density at radius 1 is 0.971 bits per heavy atom. The van der Waals surface area contributed by atoms with Gasteiger partial charge in [-0.05, 0) is 35.6 Å². The van der Waals surface area contributed by atoms with Crippen molar-refractivity contribution in [1.29, 1.82) is 0 Å². The Kier molecular flexibility index (Phi) is 5.45. The van der Waals surface area contributed by atoms with Crippen molar-refractivity contribution in [3.05, 3.63) is 111 Å². The van der Waals surface area contributed by atoms with Crippen molar-refractivity contribution in [1.82, 2.24) is 0 Å². The van der Waals surface area contributed by atoms with Gasteiger partial charge in [-0.1, -0.05) is 54.6 Å². The molecule has 7 heteroatoms. The number of fused-ring (bicyclic) bond motifs is 1. The van der Waals surface area contributed by atoms with E-state index in [1.165, 1.54) is 13.0 Å². The second-order valence-electron chi connectivity index (χ2n) is 8.62. The second-order valence-corrected chi connectivity index (χ2v) is 8.62. The molecular weight excluding hydrogens is 430 g/mol. The van der Waals surface area contributed by atoms with E-state index in [9.17, 15) is 19.7 Å². The number of carbonyl (C=O) groups excluding carboxylic acids is 2. The number of Topliss-reactive ketones (excluding diaryl/α,β-unsaturated/α-hetero) is 1. The number of allylic oxidation sites excluding steroid dienone is 1. The number of nitrogens with zero attached hydrogens (tertiary/aromatic N) is 2. The molecule has 7 nitrogen and oxygen atoms in total. The molecule has 2 aliphatic rings. The Morgan fingerprint density at radius 2 is 1.68 bits per heavy atom. The SMILES string of the molecule is CC(=O)N1c2ccccc2NC2=C(C(=O)CC(c3cccc([N+](=O)[O-])c3)C2)C1c1ccccc1. The highest BCUT2D eigenvalue weighted by molar-refractivity contribution is 6.06. The number of nitro benzene ring substituents is 1. The highest BCUT2D eigenvalue weighted by Crippen LogP contribution is 2.47. The van der Waals surface area contributed by atoms with E-state index in [1.54, 1.807) is 17.0 Å². The van der Waals surface area contributed by atoms with E-state index >= 15 is 0 Å². The van der Waals surface area contributed by atoms with Crippen LogP contribution in [0.15, 0.2) is 90.1 Å². The Bertz CT molecular complexity index is 1330. The van der Waals surface area contributed by atoms with E-state index in [4.69, 9.17) is 0 Å². The zero-order chi connectivity index (χ0) is 23.8. The molecule has 0 radical (unpaired) electrons. The number of nitro groups is 1. The molecule has 3 aromatic rings. The largest absolute Gasteiger partial charge is 0.357 e. The molecule has 2 atom stereocenters. The van der Waals surface area contributed by atoms with Crippen LogP contribution in [0.3, 0.4) is 0 Å². The van der Waals surface area contributed by atoms with Gasteiger partial charge in [0.15, 0.2) is 5.78 Å². The summed E-state index contributed by atoms with van der Waals surface area (Å²) >= 11 is 0. The number of non-ortho nitro benzene ring substituents is 1. The normalized spacial score (nSPS) is 19.6. The third kappa shape index (κ3) is 3.75. The maximum atomic E-state index is 13.7. The van der Waals surface area contributed by atoms with Gasteiger partial charge in [-0.3, -0.25) is 24.6 Å². The van der Waals surface area contributed by atoms with Gasteiger partial charge in [-0.2, -0.15) is 0 Å². The van der Waals surface area contributed by atoms with Gasteiger partial charge < -0.3 is 5.32 Å². The first-order valence-electron chi connectivity index (χ1n) is 11.2. The minimum atomic E-state index is -0.566. The molecule has 1 aliphatic heterocycles. The first kappa shape index (κ1) is 21.6. The molecule has 1 amide bonds. The summed E-state index contributed by atoms with van der Waals surface area (Å²) in [6.07, 6.45) is 0.721. The quantitative estimate of drug-likeness (QED) is 0.417. The van der Waals surface area contributed by atoms with Crippen LogP contribution in [0.2, 0.25) is 0 Å². The Balaban J connectivity index is 1.67. The minimum Gasteiger partial charge on any atom is -0.357 e. The molecular formula is C27H23N3O4. The van der Waals surface area contributed by atoms with Crippen molar-refractivity contribution in [2.45, 2.75) is 31.7 Å². The van der Waals surface area contributed by atoms with Crippen LogP contribution in [0, 0.1) is 10.1 Å². The number of anilines is 2. The molecule has 0 saturated carbocycles. The lowest BCUT2D eigenvalue weighted by Gasteiger charge is -2.34. The molecule has 0 aromatic heterocycles. The number of hydrogen-bond acceptors (Lipinski definition) is 5. The van der Waals surface area contributed by atoms with E-state index < -0.39 is 11.0 Å². The molecule has 0 saturated heterocycles. The Morgan fingerprint density at radius 3 is 2.41 bits per heavy atom. The summed E-state index contributed by atoms with van der Waals surface area (Å²) in [5, 5.41) is 14.7. The van der Waals surface area contributed by atoms with Gasteiger partial charge in [-0.15, -0.1) is 0 Å². The van der Waals surface area contributed by atoms with Crippen LogP contribution in [0.4, 0.5) is 17.1 Å². The predicted molar refractivity (Wildman–Crippen MR) is 130 cm³/mol. The average molecular weight is 453 g/mol. The number of hydrogen-bond donors (Lipinski definition) is 1. The number of amides is 1. The number of ketones is 1. The topological polar surface area (TPSA) is 92.6 Å². The van der Waals surface area contributed by atoms with Crippen LogP contribution < -0.4 is 10.2 Å². The van der Waals surface area contributed by atoms with Crippen LogP contribution >= 0.6 is 0 Å². The zero-order valence-corrected chi connectivity index (χ0v) is 18.6. The fraction of sp³-hybridized carbons (Fsp3) is 0.185. The third-order valence-electron chi connectivity index (χ3n) is 6.50. The van der Waals surface area contributed by atoms with Crippen molar-refractivity contribution < 1.29 is 14.5 Å². The third-order valence-corrected chi connectivity index (χ3v) is 6.50. The molecule has 0 spiro atoms. The van der Waals surface area contributed by atoms with Crippen LogP contribution in [0.5, 0.6) is 0 Å². The highest BCUT2D eigenvalue weighted by Gasteiger charge is 2.40. The van der Waals surface area contributed by atoms with Crippen LogP contribution in [0.25, 0.3) is 0 Å². The maximum absolute atomic E-state index is 13.7. The standard InChI is InChI=1S/C27H23N3O4/c1-17(31)29-24-13-6-5-12-22(24)28-23-15-20(19-10-7-11-21(14-19)30(33)34)16-25(32)26(23)27(29)18-8-3-2-4-9-18/h2-14,20,27-28H,15-16H2,1H3. The molecule has 0 bridgehead atoms. The summed E-state index contributed by atoms with van der Waals surface area (Å²) in [6.45, 7) is 1.51. The molecule has 1 heterocycles. The van der Waals surface area contributed by atoms with Crippen molar-refractivity contribution >= 4 is 28.8 Å². The molecule has 1 N–H and O–H groups in total.